The molecular weight excluding hydrogens is 486 g/mol. The van der Waals surface area contributed by atoms with E-state index in [0.29, 0.717) is 24.7 Å². The zero-order valence-corrected chi connectivity index (χ0v) is 22.3. The summed E-state index contributed by atoms with van der Waals surface area (Å²) < 4.78 is 1.88. The molecular formula is C29H36ClN5O2. The maximum absolute atomic E-state index is 12.5. The van der Waals surface area contributed by atoms with Crippen molar-refractivity contribution in [2.75, 3.05) is 31.1 Å². The maximum Gasteiger partial charge on any atom is 0.264 e. The molecule has 2 fully saturated rings. The van der Waals surface area contributed by atoms with Crippen LogP contribution in [0.2, 0.25) is 5.02 Å². The number of anilines is 1. The van der Waals surface area contributed by atoms with Crippen LogP contribution in [0.1, 0.15) is 50.5 Å². The summed E-state index contributed by atoms with van der Waals surface area (Å²) in [6.07, 6.45) is 7.58. The van der Waals surface area contributed by atoms with Crippen LogP contribution in [0.25, 0.3) is 10.9 Å². The zero-order chi connectivity index (χ0) is 25.8. The number of hydrogen-bond donors (Lipinski definition) is 1. The largest absolute Gasteiger partial charge is 0.493 e. The van der Waals surface area contributed by atoms with Gasteiger partial charge in [0.1, 0.15) is 0 Å². The lowest BCUT2D eigenvalue weighted by molar-refractivity contribution is -0.118. The van der Waals surface area contributed by atoms with Gasteiger partial charge in [-0.15, -0.1) is 10.2 Å². The Kier molecular flexibility index (Phi) is 8.11. The van der Waals surface area contributed by atoms with E-state index < -0.39 is 0 Å². The first-order chi connectivity index (χ1) is 18.0. The molecule has 2 aromatic carbocycles. The van der Waals surface area contributed by atoms with Crippen LogP contribution in [0.15, 0.2) is 52.7 Å². The van der Waals surface area contributed by atoms with Gasteiger partial charge < -0.3 is 10.0 Å². The van der Waals surface area contributed by atoms with Crippen LogP contribution in [0, 0.1) is 12.8 Å². The highest BCUT2D eigenvalue weighted by molar-refractivity contribution is 6.30. The van der Waals surface area contributed by atoms with Gasteiger partial charge in [0, 0.05) is 48.7 Å². The average Bonchev–Trinajstić information content (AvgIpc) is 3.17. The first kappa shape index (κ1) is 25.7. The zero-order valence-electron chi connectivity index (χ0n) is 21.6. The molecule has 0 bridgehead atoms. The highest BCUT2D eigenvalue weighted by Gasteiger charge is 2.22. The molecule has 2 heterocycles. The first-order valence-corrected chi connectivity index (χ1v) is 13.8. The molecule has 0 radical (unpaired) electrons. The lowest BCUT2D eigenvalue weighted by Crippen LogP contribution is -2.46. The van der Waals surface area contributed by atoms with E-state index in [9.17, 15) is 9.90 Å². The fraction of sp³-hybridized carbons (Fsp3) is 0.483. The van der Waals surface area contributed by atoms with Crippen molar-refractivity contribution in [3.63, 3.8) is 0 Å². The van der Waals surface area contributed by atoms with Gasteiger partial charge >= 0.3 is 0 Å². The van der Waals surface area contributed by atoms with E-state index in [0.717, 1.165) is 54.1 Å². The minimum Gasteiger partial charge on any atom is -0.493 e. The van der Waals surface area contributed by atoms with Crippen LogP contribution < -0.4 is 4.90 Å². The average molecular weight is 522 g/mol. The Morgan fingerprint density at radius 3 is 2.49 bits per heavy atom. The van der Waals surface area contributed by atoms with E-state index in [1.807, 2.05) is 41.8 Å². The molecule has 8 heteroatoms. The van der Waals surface area contributed by atoms with Gasteiger partial charge in [-0.1, -0.05) is 55.3 Å². The summed E-state index contributed by atoms with van der Waals surface area (Å²) in [5, 5.41) is 21.0. The molecule has 3 aromatic rings. The second-order valence-corrected chi connectivity index (χ2v) is 10.9. The summed E-state index contributed by atoms with van der Waals surface area (Å²) in [5.41, 5.74) is 3.52. The summed E-state index contributed by atoms with van der Waals surface area (Å²) in [7, 11) is 0. The molecule has 196 valence electrons. The number of amides is 1. The molecule has 2 aliphatic rings. The highest BCUT2D eigenvalue weighted by atomic mass is 35.5. The molecule has 5 rings (SSSR count). The Balaban J connectivity index is 1.27. The van der Waals surface area contributed by atoms with Crippen molar-refractivity contribution in [1.82, 2.24) is 9.47 Å². The third-order valence-electron chi connectivity index (χ3n) is 7.82. The number of nitrogens with zero attached hydrogens (tertiary/aromatic N) is 5. The van der Waals surface area contributed by atoms with E-state index >= 15 is 0 Å². The Morgan fingerprint density at radius 2 is 1.76 bits per heavy atom. The predicted molar refractivity (Wildman–Crippen MR) is 149 cm³/mol. The maximum atomic E-state index is 12.5. The van der Waals surface area contributed by atoms with Crippen molar-refractivity contribution in [2.24, 2.45) is 16.1 Å². The Hall–Kier alpha value is -2.90. The number of carbonyl (C=O) groups is 1. The topological polar surface area (TPSA) is 73.4 Å². The Labute approximate surface area is 223 Å². The van der Waals surface area contributed by atoms with Crippen LogP contribution in [-0.2, 0) is 11.5 Å². The van der Waals surface area contributed by atoms with E-state index in [1.54, 1.807) is 0 Å². The molecule has 1 saturated carbocycles. The van der Waals surface area contributed by atoms with E-state index in [1.165, 1.54) is 37.8 Å². The van der Waals surface area contributed by atoms with Gasteiger partial charge in [0.15, 0.2) is 5.69 Å². The number of rotatable bonds is 7. The minimum absolute atomic E-state index is 0.0598. The van der Waals surface area contributed by atoms with Crippen molar-refractivity contribution in [3.05, 3.63) is 53.1 Å². The summed E-state index contributed by atoms with van der Waals surface area (Å²) in [5.74, 6) is 0.479. The molecule has 1 N–H and O–H groups in total. The standard InChI is InChI=1S/C29H36ClN5O2/c1-21-7-13-26-25(19-21)28(32-31-27(36)14-8-22-5-3-2-4-6-22)29(37)35(26)20-33-15-17-34(18-16-33)24-11-9-23(30)10-12-24/h7,9-13,19,22,37H,2-6,8,14-18,20H2,1H3. The van der Waals surface area contributed by atoms with Gasteiger partial charge in [-0.05, 0) is 55.7 Å². The van der Waals surface area contributed by atoms with Gasteiger partial charge in [0.05, 0.1) is 12.2 Å². The number of hydrogen-bond acceptors (Lipinski definition) is 5. The summed E-state index contributed by atoms with van der Waals surface area (Å²) in [6, 6.07) is 14.0. The van der Waals surface area contributed by atoms with Crippen molar-refractivity contribution >= 4 is 39.8 Å². The van der Waals surface area contributed by atoms with Gasteiger partial charge in [-0.2, -0.15) is 0 Å². The molecule has 0 spiro atoms. The van der Waals surface area contributed by atoms with E-state index in [2.05, 4.69) is 32.2 Å². The SMILES string of the molecule is Cc1ccc2c(c1)c(N=NC(=O)CCC1CCCCC1)c(O)n2CN1CCN(c2ccc(Cl)cc2)CC1. The number of azo groups is 1. The number of fused-ring (bicyclic) bond motifs is 1. The summed E-state index contributed by atoms with van der Waals surface area (Å²) in [4.78, 5) is 17.2. The van der Waals surface area contributed by atoms with Crippen LogP contribution in [0.4, 0.5) is 11.4 Å². The number of aromatic nitrogens is 1. The van der Waals surface area contributed by atoms with Gasteiger partial charge in [0.25, 0.3) is 5.91 Å². The van der Waals surface area contributed by atoms with Crippen molar-refractivity contribution in [1.29, 1.82) is 0 Å². The monoisotopic (exact) mass is 521 g/mol. The number of aromatic hydroxyl groups is 1. The molecule has 7 nitrogen and oxygen atoms in total. The number of piperazine rings is 1. The molecule has 1 aliphatic carbocycles. The van der Waals surface area contributed by atoms with Gasteiger partial charge in [0.2, 0.25) is 5.88 Å². The molecule has 1 saturated heterocycles. The minimum atomic E-state index is -0.211. The number of aryl methyl sites for hydroxylation is 1. The summed E-state index contributed by atoms with van der Waals surface area (Å²) in [6.45, 7) is 6.07. The molecule has 1 aliphatic heterocycles. The second kappa shape index (κ2) is 11.7. The van der Waals surface area contributed by atoms with Crippen LogP contribution in [0.5, 0.6) is 5.88 Å². The highest BCUT2D eigenvalue weighted by Crippen LogP contribution is 2.40. The molecule has 0 unspecified atom stereocenters. The molecule has 1 amide bonds. The van der Waals surface area contributed by atoms with Crippen LogP contribution in [-0.4, -0.2) is 46.7 Å². The van der Waals surface area contributed by atoms with E-state index in [-0.39, 0.29) is 11.8 Å². The number of halogens is 1. The quantitative estimate of drug-likeness (QED) is 0.338. The fourth-order valence-corrected chi connectivity index (χ4v) is 5.76. The lowest BCUT2D eigenvalue weighted by Gasteiger charge is -2.36. The van der Waals surface area contributed by atoms with Crippen molar-refractivity contribution in [2.45, 2.75) is 58.5 Å². The first-order valence-electron chi connectivity index (χ1n) is 13.5. The van der Waals surface area contributed by atoms with Crippen LogP contribution >= 0.6 is 11.6 Å². The number of carbonyl (C=O) groups excluding carboxylic acids is 1. The van der Waals surface area contributed by atoms with E-state index in [4.69, 9.17) is 11.6 Å². The smallest absolute Gasteiger partial charge is 0.264 e. The lowest BCUT2D eigenvalue weighted by atomic mass is 9.86. The summed E-state index contributed by atoms with van der Waals surface area (Å²) >= 11 is 6.04. The van der Waals surface area contributed by atoms with Crippen LogP contribution in [0.3, 0.4) is 0 Å². The second-order valence-electron chi connectivity index (χ2n) is 10.5. The Bertz CT molecular complexity index is 1260. The third kappa shape index (κ3) is 6.16. The van der Waals surface area contributed by atoms with Gasteiger partial charge in [-0.3, -0.25) is 14.3 Å². The third-order valence-corrected chi connectivity index (χ3v) is 8.08. The van der Waals surface area contributed by atoms with Crippen molar-refractivity contribution in [3.8, 4) is 5.88 Å². The van der Waals surface area contributed by atoms with Crippen molar-refractivity contribution < 1.29 is 9.90 Å². The normalized spacial score (nSPS) is 17.7. The van der Waals surface area contributed by atoms with Gasteiger partial charge in [-0.25, -0.2) is 0 Å². The molecule has 37 heavy (non-hydrogen) atoms. The fourth-order valence-electron chi connectivity index (χ4n) is 5.64. The number of benzene rings is 2. The predicted octanol–water partition coefficient (Wildman–Crippen LogP) is 7.06. The Morgan fingerprint density at radius 1 is 1.03 bits per heavy atom. The molecule has 0 atom stereocenters. The molecule has 1 aromatic heterocycles.